The van der Waals surface area contributed by atoms with Gasteiger partial charge in [0.1, 0.15) is 0 Å². The Morgan fingerprint density at radius 2 is 1.89 bits per heavy atom. The van der Waals surface area contributed by atoms with Gasteiger partial charge in [-0.05, 0) is 83.8 Å². The smallest absolute Gasteiger partial charge is 0.164 e. The molecule has 2 fully saturated rings. The van der Waals surface area contributed by atoms with Crippen molar-refractivity contribution < 1.29 is 9.59 Å². The monoisotopic (exact) mass is 455 g/mol. The molecule has 1 atom stereocenters. The number of dihydropyridines is 1. The highest BCUT2D eigenvalue weighted by atomic mass is 79.9. The van der Waals surface area contributed by atoms with E-state index in [1.807, 2.05) is 19.1 Å². The first-order valence-corrected chi connectivity index (χ1v) is 11.6. The average molecular weight is 456 g/mol. The molecule has 2 heterocycles. The van der Waals surface area contributed by atoms with Gasteiger partial charge in [-0.15, -0.1) is 11.3 Å². The lowest BCUT2D eigenvalue weighted by Gasteiger charge is -2.32. The number of hydrogen-bond donors (Lipinski definition) is 1. The number of benzene rings is 1. The zero-order valence-corrected chi connectivity index (χ0v) is 18.4. The van der Waals surface area contributed by atoms with Crippen molar-refractivity contribution in [2.45, 2.75) is 45.4 Å². The van der Waals surface area contributed by atoms with Gasteiger partial charge in [0.15, 0.2) is 11.6 Å². The molecule has 2 saturated carbocycles. The SMILES string of the molecule is CC(=O)C1=C(C)NC(C2CC2)=C(C(=O)C2CC2)C1c1csc2c(Br)cccc12. The lowest BCUT2D eigenvalue weighted by atomic mass is 9.76. The van der Waals surface area contributed by atoms with Gasteiger partial charge in [0.2, 0.25) is 0 Å². The van der Waals surface area contributed by atoms with E-state index >= 15 is 0 Å². The first-order valence-electron chi connectivity index (χ1n) is 9.90. The lowest BCUT2D eigenvalue weighted by molar-refractivity contribution is -0.117. The summed E-state index contributed by atoms with van der Waals surface area (Å²) in [6, 6.07) is 6.18. The Balaban J connectivity index is 1.77. The summed E-state index contributed by atoms with van der Waals surface area (Å²) in [5.41, 5.74) is 4.68. The van der Waals surface area contributed by atoms with Gasteiger partial charge >= 0.3 is 0 Å². The molecule has 1 aromatic carbocycles. The van der Waals surface area contributed by atoms with Crippen LogP contribution in [0.4, 0.5) is 0 Å². The maximum absolute atomic E-state index is 13.4. The van der Waals surface area contributed by atoms with E-state index in [2.05, 4.69) is 32.7 Å². The van der Waals surface area contributed by atoms with Gasteiger partial charge in [0.05, 0.1) is 0 Å². The molecule has 0 spiro atoms. The third-order valence-corrected chi connectivity index (χ3v) is 8.04. The van der Waals surface area contributed by atoms with Gasteiger partial charge < -0.3 is 5.32 Å². The number of rotatable bonds is 5. The van der Waals surface area contributed by atoms with Crippen LogP contribution in [0.1, 0.15) is 51.0 Å². The first-order chi connectivity index (χ1) is 13.5. The predicted molar refractivity (Wildman–Crippen MR) is 116 cm³/mol. The Morgan fingerprint density at radius 3 is 2.54 bits per heavy atom. The topological polar surface area (TPSA) is 46.2 Å². The van der Waals surface area contributed by atoms with Crippen molar-refractivity contribution in [1.29, 1.82) is 0 Å². The van der Waals surface area contributed by atoms with Crippen LogP contribution in [0.3, 0.4) is 0 Å². The normalized spacial score (nSPS) is 22.6. The molecular weight excluding hydrogens is 434 g/mol. The maximum Gasteiger partial charge on any atom is 0.164 e. The molecule has 1 N–H and O–H groups in total. The Morgan fingerprint density at radius 1 is 1.14 bits per heavy atom. The number of ketones is 2. The number of thiophene rings is 1. The fourth-order valence-corrected chi connectivity index (χ4v) is 6.08. The number of allylic oxidation sites excluding steroid dienone is 4. The second-order valence-corrected chi connectivity index (χ2v) is 9.93. The van der Waals surface area contributed by atoms with Crippen LogP contribution >= 0.6 is 27.3 Å². The molecule has 0 radical (unpaired) electrons. The standard InChI is InChI=1S/C23H22BrNO2S/c1-11-18(12(2)26)19(16-10-28-23-15(16)4-3-5-17(23)24)20(22(27)14-8-9-14)21(25-11)13-6-7-13/h3-5,10,13-14,19,25H,6-9H2,1-2H3. The molecule has 2 aliphatic carbocycles. The number of nitrogens with one attached hydrogen (secondary N) is 1. The van der Waals surface area contributed by atoms with Gasteiger partial charge in [-0.3, -0.25) is 9.59 Å². The fraction of sp³-hybridized carbons (Fsp3) is 0.391. The minimum Gasteiger partial charge on any atom is -0.362 e. The van der Waals surface area contributed by atoms with E-state index in [1.165, 1.54) is 4.70 Å². The minimum atomic E-state index is -0.259. The third-order valence-electron chi connectivity index (χ3n) is 6.06. The van der Waals surface area contributed by atoms with Crippen LogP contribution in [-0.2, 0) is 9.59 Å². The van der Waals surface area contributed by atoms with Crippen LogP contribution in [0.15, 0.2) is 50.6 Å². The van der Waals surface area contributed by atoms with E-state index in [1.54, 1.807) is 18.3 Å². The molecule has 1 unspecified atom stereocenters. The molecule has 144 valence electrons. The molecule has 0 amide bonds. The number of carbonyl (C=O) groups is 2. The molecule has 3 nitrogen and oxygen atoms in total. The van der Waals surface area contributed by atoms with Crippen molar-refractivity contribution in [2.75, 3.05) is 0 Å². The van der Waals surface area contributed by atoms with Crippen LogP contribution in [0, 0.1) is 11.8 Å². The van der Waals surface area contributed by atoms with Crippen LogP contribution in [0.25, 0.3) is 10.1 Å². The van der Waals surface area contributed by atoms with Gasteiger partial charge in [-0.1, -0.05) is 12.1 Å². The maximum atomic E-state index is 13.4. The Kier molecular flexibility index (Phi) is 4.36. The fourth-order valence-electron chi connectivity index (χ4n) is 4.43. The van der Waals surface area contributed by atoms with E-state index < -0.39 is 0 Å². The summed E-state index contributed by atoms with van der Waals surface area (Å²) < 4.78 is 2.23. The van der Waals surface area contributed by atoms with E-state index in [-0.39, 0.29) is 23.4 Å². The molecule has 28 heavy (non-hydrogen) atoms. The number of halogens is 1. The van der Waals surface area contributed by atoms with Crippen LogP contribution in [0.5, 0.6) is 0 Å². The lowest BCUT2D eigenvalue weighted by Crippen LogP contribution is -2.32. The summed E-state index contributed by atoms with van der Waals surface area (Å²) in [5, 5.41) is 6.77. The quantitative estimate of drug-likeness (QED) is 0.614. The highest BCUT2D eigenvalue weighted by Crippen LogP contribution is 2.51. The second kappa shape index (κ2) is 6.67. The minimum absolute atomic E-state index is 0.0419. The van der Waals surface area contributed by atoms with E-state index in [0.717, 1.165) is 63.6 Å². The van der Waals surface area contributed by atoms with Gasteiger partial charge in [0, 0.05) is 43.5 Å². The zero-order chi connectivity index (χ0) is 19.6. The van der Waals surface area contributed by atoms with E-state index in [4.69, 9.17) is 0 Å². The number of fused-ring (bicyclic) bond motifs is 1. The van der Waals surface area contributed by atoms with Crippen LogP contribution in [0.2, 0.25) is 0 Å². The number of Topliss-reactive ketones (excluding diaryl/α,β-unsaturated/α-hetero) is 2. The van der Waals surface area contributed by atoms with E-state index in [9.17, 15) is 9.59 Å². The van der Waals surface area contributed by atoms with Crippen LogP contribution in [-0.4, -0.2) is 11.6 Å². The van der Waals surface area contributed by atoms with Crippen molar-refractivity contribution >= 4 is 48.9 Å². The summed E-state index contributed by atoms with van der Waals surface area (Å²) in [4.78, 5) is 26.2. The number of hydrogen-bond acceptors (Lipinski definition) is 4. The molecule has 5 rings (SSSR count). The zero-order valence-electron chi connectivity index (χ0n) is 16.0. The molecule has 0 bridgehead atoms. The Labute approximate surface area is 177 Å². The van der Waals surface area contributed by atoms with Crippen molar-refractivity contribution in [2.24, 2.45) is 11.8 Å². The van der Waals surface area contributed by atoms with Crippen molar-refractivity contribution in [3.63, 3.8) is 0 Å². The van der Waals surface area contributed by atoms with Crippen molar-refractivity contribution in [3.8, 4) is 0 Å². The summed E-state index contributed by atoms with van der Waals surface area (Å²) in [6.07, 6.45) is 4.19. The molecule has 2 aromatic rings. The predicted octanol–water partition coefficient (Wildman–Crippen LogP) is 5.86. The number of carbonyl (C=O) groups excluding carboxylic acids is 2. The van der Waals surface area contributed by atoms with Gasteiger partial charge in [-0.25, -0.2) is 0 Å². The molecule has 3 aliphatic rings. The first kappa shape index (κ1) is 18.3. The Hall–Kier alpha value is -1.72. The highest BCUT2D eigenvalue weighted by molar-refractivity contribution is 9.10. The molecular formula is C23H22BrNO2S. The Bertz CT molecular complexity index is 1090. The summed E-state index contributed by atoms with van der Waals surface area (Å²) in [7, 11) is 0. The molecule has 1 aromatic heterocycles. The van der Waals surface area contributed by atoms with Crippen molar-refractivity contribution in [1.82, 2.24) is 5.32 Å². The van der Waals surface area contributed by atoms with Crippen LogP contribution < -0.4 is 5.32 Å². The second-order valence-electron chi connectivity index (χ2n) is 8.20. The van der Waals surface area contributed by atoms with Crippen molar-refractivity contribution in [3.05, 3.63) is 56.2 Å². The van der Waals surface area contributed by atoms with Gasteiger partial charge in [-0.2, -0.15) is 0 Å². The molecule has 1 aliphatic heterocycles. The third kappa shape index (κ3) is 2.91. The molecule has 0 saturated heterocycles. The largest absolute Gasteiger partial charge is 0.362 e. The van der Waals surface area contributed by atoms with Gasteiger partial charge in [0.25, 0.3) is 0 Å². The summed E-state index contributed by atoms with van der Waals surface area (Å²) in [6.45, 7) is 3.61. The highest BCUT2D eigenvalue weighted by Gasteiger charge is 2.44. The molecule has 5 heteroatoms. The summed E-state index contributed by atoms with van der Waals surface area (Å²) in [5.74, 6) is 0.599. The summed E-state index contributed by atoms with van der Waals surface area (Å²) >= 11 is 5.33. The average Bonchev–Trinajstić information content (AvgIpc) is 3.57. The van der Waals surface area contributed by atoms with E-state index in [0.29, 0.717) is 5.92 Å².